The molecule has 0 saturated heterocycles. The minimum Gasteiger partial charge on any atom is -0.719 e. The van der Waals surface area contributed by atoms with E-state index in [2.05, 4.69) is 22.9 Å². The minimum absolute atomic E-state index is 0.458. The van der Waals surface area contributed by atoms with E-state index in [0.29, 0.717) is 10.7 Å². The molecular formula is C9H4N3OS2-. The van der Waals surface area contributed by atoms with Gasteiger partial charge in [-0.1, -0.05) is 11.3 Å². The van der Waals surface area contributed by atoms with Crippen molar-refractivity contribution < 1.29 is 4.79 Å². The highest BCUT2D eigenvalue weighted by Gasteiger charge is 2.03. The third-order valence-corrected chi connectivity index (χ3v) is 2.76. The molecule has 0 bridgehead atoms. The number of hydrogen-bond donors (Lipinski definition) is 1. The van der Waals surface area contributed by atoms with Crippen molar-refractivity contribution in [1.29, 1.82) is 5.26 Å². The summed E-state index contributed by atoms with van der Waals surface area (Å²) < 4.78 is 0.854. The molecule has 2 aromatic rings. The van der Waals surface area contributed by atoms with Gasteiger partial charge in [0, 0.05) is 0 Å². The molecule has 4 nitrogen and oxygen atoms in total. The molecule has 1 heterocycles. The third-order valence-electron chi connectivity index (χ3n) is 1.73. The zero-order valence-corrected chi connectivity index (χ0v) is 8.98. The van der Waals surface area contributed by atoms with E-state index in [1.807, 2.05) is 6.07 Å². The van der Waals surface area contributed by atoms with Gasteiger partial charge in [0.1, 0.15) is 5.24 Å². The van der Waals surface area contributed by atoms with Crippen LogP contribution in [-0.2, 0) is 12.6 Å². The predicted molar refractivity (Wildman–Crippen MR) is 60.7 cm³/mol. The Balaban J connectivity index is 2.47. The number of carbonyl (C=O) groups is 1. The smallest absolute Gasteiger partial charge is 0.189 e. The van der Waals surface area contributed by atoms with Gasteiger partial charge in [0.15, 0.2) is 5.13 Å². The van der Waals surface area contributed by atoms with Crippen molar-refractivity contribution in [2.45, 2.75) is 0 Å². The van der Waals surface area contributed by atoms with Gasteiger partial charge in [-0.2, -0.15) is 5.26 Å². The Morgan fingerprint density at radius 1 is 1.60 bits per heavy atom. The summed E-state index contributed by atoms with van der Waals surface area (Å²) in [5.74, 6) is 0. The van der Waals surface area contributed by atoms with Gasteiger partial charge in [0.05, 0.1) is 21.8 Å². The highest BCUT2D eigenvalue weighted by molar-refractivity contribution is 7.77. The van der Waals surface area contributed by atoms with E-state index in [9.17, 15) is 4.79 Å². The fourth-order valence-electron chi connectivity index (χ4n) is 1.13. The Hall–Kier alpha value is -1.71. The highest BCUT2D eigenvalue weighted by atomic mass is 32.1. The summed E-state index contributed by atoms with van der Waals surface area (Å²) in [6.45, 7) is 0. The maximum absolute atomic E-state index is 10.6. The number of aromatic nitrogens is 1. The molecule has 0 aliphatic carbocycles. The first kappa shape index (κ1) is 9.83. The molecule has 2 rings (SSSR count). The van der Waals surface area contributed by atoms with Gasteiger partial charge < -0.3 is 22.7 Å². The average molecular weight is 234 g/mol. The van der Waals surface area contributed by atoms with E-state index in [4.69, 9.17) is 5.26 Å². The number of anilines is 1. The number of carbonyl (C=O) groups excluding carboxylic acids is 1. The lowest BCUT2D eigenvalue weighted by molar-refractivity contribution is 0.270. The summed E-state index contributed by atoms with van der Waals surface area (Å²) in [6.07, 6.45) is 0. The zero-order chi connectivity index (χ0) is 10.8. The molecule has 1 amide bonds. The number of benzene rings is 1. The van der Waals surface area contributed by atoms with Gasteiger partial charge in [-0.05, 0) is 18.2 Å². The van der Waals surface area contributed by atoms with Gasteiger partial charge in [-0.15, -0.1) is 0 Å². The van der Waals surface area contributed by atoms with Crippen LogP contribution in [-0.4, -0.2) is 10.2 Å². The second kappa shape index (κ2) is 3.81. The number of nitrogens with one attached hydrogen (secondary N) is 1. The largest absolute Gasteiger partial charge is 0.719 e. The van der Waals surface area contributed by atoms with E-state index >= 15 is 0 Å². The zero-order valence-electron chi connectivity index (χ0n) is 7.35. The van der Waals surface area contributed by atoms with E-state index < -0.39 is 5.24 Å². The van der Waals surface area contributed by atoms with E-state index in [1.54, 1.807) is 18.2 Å². The molecule has 0 radical (unpaired) electrons. The average Bonchev–Trinajstić information content (AvgIpc) is 2.57. The number of hydrogen-bond acceptors (Lipinski definition) is 5. The van der Waals surface area contributed by atoms with Crippen LogP contribution < -0.4 is 5.32 Å². The lowest BCUT2D eigenvalue weighted by atomic mass is 10.2. The van der Waals surface area contributed by atoms with E-state index in [-0.39, 0.29) is 0 Å². The van der Waals surface area contributed by atoms with Crippen molar-refractivity contribution >= 4 is 44.6 Å². The van der Waals surface area contributed by atoms with Gasteiger partial charge in [0.25, 0.3) is 0 Å². The normalized spacial score (nSPS) is 9.80. The summed E-state index contributed by atoms with van der Waals surface area (Å²) >= 11 is 5.67. The molecule has 1 aromatic heterocycles. The van der Waals surface area contributed by atoms with Crippen LogP contribution in [0.25, 0.3) is 10.2 Å². The monoisotopic (exact) mass is 234 g/mol. The Bertz CT molecular complexity index is 570. The first-order valence-corrected chi connectivity index (χ1v) is 5.20. The Morgan fingerprint density at radius 3 is 3.07 bits per heavy atom. The minimum atomic E-state index is -0.561. The van der Waals surface area contributed by atoms with Crippen molar-refractivity contribution in [3.63, 3.8) is 0 Å². The molecule has 0 saturated carbocycles. The molecule has 0 fully saturated rings. The summed E-state index contributed by atoms with van der Waals surface area (Å²) in [5.41, 5.74) is 1.32. The number of nitrogens with zero attached hydrogens (tertiary/aromatic N) is 2. The molecule has 0 aliphatic heterocycles. The first-order valence-electron chi connectivity index (χ1n) is 3.98. The summed E-state index contributed by atoms with van der Waals surface area (Å²) in [6, 6.07) is 7.19. The van der Waals surface area contributed by atoms with Gasteiger partial charge >= 0.3 is 0 Å². The molecule has 74 valence electrons. The summed E-state index contributed by atoms with van der Waals surface area (Å²) in [4.78, 5) is 14.8. The van der Waals surface area contributed by atoms with Crippen molar-refractivity contribution in [3.05, 3.63) is 23.8 Å². The topological polar surface area (TPSA) is 65.8 Å². The van der Waals surface area contributed by atoms with Crippen LogP contribution in [0.4, 0.5) is 9.93 Å². The second-order valence-electron chi connectivity index (χ2n) is 2.73. The maximum atomic E-state index is 10.6. The quantitative estimate of drug-likeness (QED) is 0.768. The Kier molecular flexibility index (Phi) is 2.49. The molecule has 0 aliphatic rings. The first-order chi connectivity index (χ1) is 7.19. The lowest BCUT2D eigenvalue weighted by Gasteiger charge is -2.01. The summed E-state index contributed by atoms with van der Waals surface area (Å²) in [7, 11) is 0. The molecule has 1 aromatic carbocycles. The van der Waals surface area contributed by atoms with E-state index in [0.717, 1.165) is 10.2 Å². The lowest BCUT2D eigenvalue weighted by Crippen LogP contribution is -2.03. The number of amides is 1. The van der Waals surface area contributed by atoms with Crippen molar-refractivity contribution in [2.75, 3.05) is 5.32 Å². The Labute approximate surface area is 95.0 Å². The van der Waals surface area contributed by atoms with Crippen LogP contribution in [0.15, 0.2) is 18.2 Å². The van der Waals surface area contributed by atoms with Gasteiger partial charge in [-0.3, -0.25) is 0 Å². The predicted octanol–water partition coefficient (Wildman–Crippen LogP) is 2.25. The van der Waals surface area contributed by atoms with E-state index in [1.165, 1.54) is 11.3 Å². The molecule has 6 heteroatoms. The maximum Gasteiger partial charge on any atom is 0.189 e. The number of rotatable bonds is 1. The van der Waals surface area contributed by atoms with Crippen molar-refractivity contribution in [3.8, 4) is 6.07 Å². The van der Waals surface area contributed by atoms with Crippen LogP contribution in [0.2, 0.25) is 0 Å². The molecule has 15 heavy (non-hydrogen) atoms. The van der Waals surface area contributed by atoms with Crippen LogP contribution in [0.5, 0.6) is 0 Å². The Morgan fingerprint density at radius 2 is 2.40 bits per heavy atom. The van der Waals surface area contributed by atoms with Crippen LogP contribution in [0.3, 0.4) is 0 Å². The second-order valence-corrected chi connectivity index (χ2v) is 4.13. The standard InChI is InChI=1S/C9H5N3OS2/c10-4-5-1-2-6-7(3-5)15-8(11-6)12-9(13)14/h1-3H,(H2,11,12,13,14)/p-1. The fourth-order valence-corrected chi connectivity index (χ4v) is 2.20. The van der Waals surface area contributed by atoms with Crippen LogP contribution >= 0.6 is 11.3 Å². The number of nitriles is 1. The van der Waals surface area contributed by atoms with Gasteiger partial charge in [0.2, 0.25) is 0 Å². The number of thiazole rings is 1. The summed E-state index contributed by atoms with van der Waals surface area (Å²) in [5, 5.41) is 11.0. The SMILES string of the molecule is N#Cc1ccc2nc(NC(=O)[S-])sc2c1. The fraction of sp³-hybridized carbons (Fsp3) is 0. The molecule has 0 unspecified atom stereocenters. The number of fused-ring (bicyclic) bond motifs is 1. The molecule has 1 N–H and O–H groups in total. The molecule has 0 spiro atoms. The molecule has 0 atom stereocenters. The van der Waals surface area contributed by atoms with Crippen LogP contribution in [0.1, 0.15) is 5.56 Å². The van der Waals surface area contributed by atoms with Gasteiger partial charge in [-0.25, -0.2) is 4.98 Å². The molecular weight excluding hydrogens is 230 g/mol. The van der Waals surface area contributed by atoms with Crippen molar-refractivity contribution in [1.82, 2.24) is 4.98 Å². The van der Waals surface area contributed by atoms with Crippen molar-refractivity contribution in [2.24, 2.45) is 0 Å². The third kappa shape index (κ3) is 2.03. The van der Waals surface area contributed by atoms with Crippen LogP contribution in [0, 0.1) is 11.3 Å². The highest BCUT2D eigenvalue weighted by Crippen LogP contribution is 2.26.